The van der Waals surface area contributed by atoms with Crippen LogP contribution in [-0.2, 0) is 0 Å². The van der Waals surface area contributed by atoms with Crippen molar-refractivity contribution < 1.29 is 0 Å². The molecule has 2 bridgehead atoms. The molecule has 0 aromatic carbocycles. The Hall–Kier alpha value is 0.310. The molecule has 1 N–H and O–H groups in total. The first-order valence-electron chi connectivity index (χ1n) is 8.12. The van der Waals surface area contributed by atoms with E-state index in [0.29, 0.717) is 4.75 Å². The standard InChI is InChI=1S/C16H27NS/c1-16(6-3-7-18-16)10-17-15-9-11-8-14(15)13-5-2-4-12(11)13/h11-15,17H,2-10H2,1H3. The van der Waals surface area contributed by atoms with Gasteiger partial charge in [-0.2, -0.15) is 11.8 Å². The minimum absolute atomic E-state index is 0.552. The SMILES string of the molecule is CC1(CNC2CC3CC2C2CCCC32)CCCS1. The van der Waals surface area contributed by atoms with Crippen molar-refractivity contribution in [2.24, 2.45) is 23.7 Å². The average molecular weight is 265 g/mol. The van der Waals surface area contributed by atoms with Gasteiger partial charge in [0.1, 0.15) is 0 Å². The van der Waals surface area contributed by atoms with Gasteiger partial charge in [0.05, 0.1) is 0 Å². The second kappa shape index (κ2) is 4.41. The van der Waals surface area contributed by atoms with E-state index in [2.05, 4.69) is 24.0 Å². The van der Waals surface area contributed by atoms with Gasteiger partial charge in [-0.15, -0.1) is 0 Å². The van der Waals surface area contributed by atoms with Gasteiger partial charge < -0.3 is 5.32 Å². The van der Waals surface area contributed by atoms with Gasteiger partial charge in [-0.1, -0.05) is 6.42 Å². The zero-order chi connectivity index (χ0) is 12.2. The highest BCUT2D eigenvalue weighted by atomic mass is 32.2. The minimum atomic E-state index is 0.552. The maximum atomic E-state index is 3.99. The third-order valence-electron chi connectivity index (χ3n) is 6.47. The van der Waals surface area contributed by atoms with Crippen LogP contribution in [0.2, 0.25) is 0 Å². The van der Waals surface area contributed by atoms with E-state index in [0.717, 1.165) is 29.7 Å². The molecular weight excluding hydrogens is 238 g/mol. The molecule has 1 saturated heterocycles. The largest absolute Gasteiger partial charge is 0.312 e. The highest BCUT2D eigenvalue weighted by Crippen LogP contribution is 2.58. The van der Waals surface area contributed by atoms with Gasteiger partial charge in [-0.25, -0.2) is 0 Å². The van der Waals surface area contributed by atoms with Crippen LogP contribution in [0.4, 0.5) is 0 Å². The maximum absolute atomic E-state index is 3.99. The Morgan fingerprint density at radius 2 is 2.00 bits per heavy atom. The Bertz CT molecular complexity index is 323. The third kappa shape index (κ3) is 1.86. The second-order valence-corrected chi connectivity index (χ2v) is 9.23. The topological polar surface area (TPSA) is 12.0 Å². The Kier molecular flexibility index (Phi) is 2.96. The van der Waals surface area contributed by atoms with Crippen LogP contribution >= 0.6 is 11.8 Å². The molecule has 6 atom stereocenters. The summed E-state index contributed by atoms with van der Waals surface area (Å²) in [5.74, 6) is 5.80. The first kappa shape index (κ1) is 12.1. The van der Waals surface area contributed by atoms with Gasteiger partial charge in [-0.3, -0.25) is 0 Å². The summed E-state index contributed by atoms with van der Waals surface area (Å²) in [6, 6.07) is 0.882. The highest BCUT2D eigenvalue weighted by molar-refractivity contribution is 8.00. The van der Waals surface area contributed by atoms with Crippen LogP contribution in [-0.4, -0.2) is 23.1 Å². The third-order valence-corrected chi connectivity index (χ3v) is 8.01. The number of hydrogen-bond donors (Lipinski definition) is 1. The molecule has 0 amide bonds. The van der Waals surface area contributed by atoms with Crippen LogP contribution in [0.1, 0.15) is 51.9 Å². The second-order valence-electron chi connectivity index (χ2n) is 7.54. The molecule has 4 aliphatic rings. The van der Waals surface area contributed by atoms with Crippen LogP contribution in [0.15, 0.2) is 0 Å². The Morgan fingerprint density at radius 1 is 1.11 bits per heavy atom. The lowest BCUT2D eigenvalue weighted by atomic mass is 9.79. The summed E-state index contributed by atoms with van der Waals surface area (Å²) >= 11 is 2.21. The maximum Gasteiger partial charge on any atom is 0.0256 e. The predicted octanol–water partition coefficient (Wildman–Crippen LogP) is 3.69. The Balaban J connectivity index is 1.37. The van der Waals surface area contributed by atoms with E-state index < -0.39 is 0 Å². The van der Waals surface area contributed by atoms with Crippen LogP contribution in [0, 0.1) is 23.7 Å². The number of rotatable bonds is 3. The molecule has 1 aliphatic heterocycles. The number of fused-ring (bicyclic) bond motifs is 5. The van der Waals surface area contributed by atoms with Crippen molar-refractivity contribution in [1.82, 2.24) is 5.32 Å². The summed E-state index contributed by atoms with van der Waals surface area (Å²) in [6.45, 7) is 3.74. The number of hydrogen-bond acceptors (Lipinski definition) is 2. The van der Waals surface area contributed by atoms with Crippen molar-refractivity contribution in [2.75, 3.05) is 12.3 Å². The monoisotopic (exact) mass is 265 g/mol. The summed E-state index contributed by atoms with van der Waals surface area (Å²) in [5.41, 5.74) is 0. The highest BCUT2D eigenvalue weighted by Gasteiger charge is 2.53. The molecule has 0 radical (unpaired) electrons. The van der Waals surface area contributed by atoms with Crippen molar-refractivity contribution in [3.63, 3.8) is 0 Å². The zero-order valence-electron chi connectivity index (χ0n) is 11.7. The zero-order valence-corrected chi connectivity index (χ0v) is 12.5. The smallest absolute Gasteiger partial charge is 0.0256 e. The normalized spacial score (nSPS) is 54.2. The summed E-state index contributed by atoms with van der Waals surface area (Å²) in [6.07, 6.45) is 10.6. The molecule has 6 unspecified atom stereocenters. The van der Waals surface area contributed by atoms with Gasteiger partial charge in [-0.05, 0) is 74.9 Å². The lowest BCUT2D eigenvalue weighted by Crippen LogP contribution is -2.44. The summed E-state index contributed by atoms with van der Waals surface area (Å²) in [4.78, 5) is 0. The van der Waals surface area contributed by atoms with Gasteiger partial charge in [0.15, 0.2) is 0 Å². The molecule has 1 nitrogen and oxygen atoms in total. The summed E-state index contributed by atoms with van der Waals surface area (Å²) in [5, 5.41) is 3.99. The van der Waals surface area contributed by atoms with Gasteiger partial charge in [0, 0.05) is 17.3 Å². The average Bonchev–Trinajstić information content (AvgIpc) is 3.08. The first-order chi connectivity index (χ1) is 8.75. The fourth-order valence-electron chi connectivity index (χ4n) is 5.63. The molecule has 0 aromatic heterocycles. The lowest BCUT2D eigenvalue weighted by molar-refractivity contribution is 0.206. The van der Waals surface area contributed by atoms with Crippen molar-refractivity contribution in [3.8, 4) is 0 Å². The van der Waals surface area contributed by atoms with E-state index in [9.17, 15) is 0 Å². The van der Waals surface area contributed by atoms with Crippen LogP contribution in [0.5, 0.6) is 0 Å². The summed E-state index contributed by atoms with van der Waals surface area (Å²) < 4.78 is 0.552. The molecule has 3 saturated carbocycles. The predicted molar refractivity (Wildman–Crippen MR) is 78.9 cm³/mol. The minimum Gasteiger partial charge on any atom is -0.312 e. The molecular formula is C16H27NS. The van der Waals surface area contributed by atoms with Crippen molar-refractivity contribution in [3.05, 3.63) is 0 Å². The van der Waals surface area contributed by atoms with Gasteiger partial charge in [0.2, 0.25) is 0 Å². The number of thioether (sulfide) groups is 1. The van der Waals surface area contributed by atoms with Crippen LogP contribution in [0.25, 0.3) is 0 Å². The Labute approximate surface area is 116 Å². The quantitative estimate of drug-likeness (QED) is 0.835. The lowest BCUT2D eigenvalue weighted by Gasteiger charge is -2.34. The molecule has 0 aromatic rings. The van der Waals surface area contributed by atoms with E-state index in [-0.39, 0.29) is 0 Å². The van der Waals surface area contributed by atoms with Crippen LogP contribution in [0.3, 0.4) is 0 Å². The Morgan fingerprint density at radius 3 is 2.83 bits per heavy atom. The van der Waals surface area contributed by atoms with E-state index in [1.165, 1.54) is 38.0 Å². The summed E-state index contributed by atoms with van der Waals surface area (Å²) in [7, 11) is 0. The van der Waals surface area contributed by atoms with E-state index in [4.69, 9.17) is 0 Å². The molecule has 4 rings (SSSR count). The van der Waals surface area contributed by atoms with Crippen molar-refractivity contribution in [1.29, 1.82) is 0 Å². The van der Waals surface area contributed by atoms with Gasteiger partial charge >= 0.3 is 0 Å². The molecule has 2 heteroatoms. The fraction of sp³-hybridized carbons (Fsp3) is 1.00. The van der Waals surface area contributed by atoms with E-state index in [1.54, 1.807) is 19.3 Å². The van der Waals surface area contributed by atoms with Crippen molar-refractivity contribution >= 4 is 11.8 Å². The number of nitrogens with one attached hydrogen (secondary N) is 1. The molecule has 102 valence electrons. The van der Waals surface area contributed by atoms with Crippen LogP contribution < -0.4 is 5.32 Å². The first-order valence-corrected chi connectivity index (χ1v) is 9.11. The van der Waals surface area contributed by atoms with E-state index >= 15 is 0 Å². The van der Waals surface area contributed by atoms with Crippen molar-refractivity contribution in [2.45, 2.75) is 62.7 Å². The molecule has 4 fully saturated rings. The fourth-order valence-corrected chi connectivity index (χ4v) is 6.88. The molecule has 18 heavy (non-hydrogen) atoms. The molecule has 0 spiro atoms. The molecule has 1 heterocycles. The van der Waals surface area contributed by atoms with E-state index in [1.807, 2.05) is 0 Å². The molecule has 3 aliphatic carbocycles. The van der Waals surface area contributed by atoms with Gasteiger partial charge in [0.25, 0.3) is 0 Å².